The molecular weight excluding hydrogens is 256 g/mol. The fourth-order valence-electron chi connectivity index (χ4n) is 0.858. The minimum absolute atomic E-state index is 0.0448. The van der Waals surface area contributed by atoms with E-state index in [4.69, 9.17) is 28.9 Å². The zero-order valence-corrected chi connectivity index (χ0v) is 8.62. The lowest BCUT2D eigenvalue weighted by Crippen LogP contribution is -2.18. The molecule has 0 atom stereocenters. The number of nitrogens with two attached hydrogens (primary N) is 1. The van der Waals surface area contributed by atoms with Crippen molar-refractivity contribution < 1.29 is 17.9 Å². The average molecular weight is 261 g/mol. The van der Waals surface area contributed by atoms with Gasteiger partial charge in [0, 0.05) is 12.6 Å². The summed E-state index contributed by atoms with van der Waals surface area (Å²) in [7, 11) is 0. The summed E-state index contributed by atoms with van der Waals surface area (Å²) in [6.07, 6.45) is -4.83. The van der Waals surface area contributed by atoms with E-state index < -0.39 is 12.1 Å². The zero-order chi connectivity index (χ0) is 11.6. The van der Waals surface area contributed by atoms with E-state index in [1.807, 2.05) is 0 Å². The highest BCUT2D eigenvalue weighted by Crippen LogP contribution is 2.33. The molecule has 0 radical (unpaired) electrons. The molecule has 1 aromatic rings. The van der Waals surface area contributed by atoms with Crippen LogP contribution in [-0.4, -0.2) is 11.3 Å². The van der Waals surface area contributed by atoms with Crippen molar-refractivity contribution in [1.82, 2.24) is 4.98 Å². The molecule has 0 fully saturated rings. The molecular formula is C7H5Cl2F3N2O. The van der Waals surface area contributed by atoms with Gasteiger partial charge in [0.25, 0.3) is 0 Å². The lowest BCUT2D eigenvalue weighted by molar-refractivity contribution is -0.274. The Hall–Kier alpha value is -0.720. The number of alkyl halides is 3. The highest BCUT2D eigenvalue weighted by atomic mass is 35.5. The van der Waals surface area contributed by atoms with Crippen molar-refractivity contribution in [2.45, 2.75) is 12.9 Å². The molecule has 0 saturated heterocycles. The van der Waals surface area contributed by atoms with Gasteiger partial charge in [-0.2, -0.15) is 0 Å². The van der Waals surface area contributed by atoms with Crippen LogP contribution in [-0.2, 0) is 6.54 Å². The minimum Gasteiger partial charge on any atom is -0.404 e. The third-order valence-electron chi connectivity index (χ3n) is 1.38. The second kappa shape index (κ2) is 4.42. The molecule has 0 aromatic carbocycles. The summed E-state index contributed by atoms with van der Waals surface area (Å²) in [5.41, 5.74) is 5.25. The first-order valence-corrected chi connectivity index (χ1v) is 4.40. The van der Waals surface area contributed by atoms with Crippen molar-refractivity contribution in [1.29, 1.82) is 0 Å². The van der Waals surface area contributed by atoms with Crippen LogP contribution in [0.2, 0.25) is 10.2 Å². The van der Waals surface area contributed by atoms with Crippen LogP contribution >= 0.6 is 23.2 Å². The first kappa shape index (κ1) is 12.4. The number of pyridine rings is 1. The summed E-state index contributed by atoms with van der Waals surface area (Å²) in [6.45, 7) is -0.131. The quantitative estimate of drug-likeness (QED) is 0.832. The molecule has 0 unspecified atom stereocenters. The number of halogens is 5. The Morgan fingerprint density at radius 1 is 1.40 bits per heavy atom. The second-order valence-corrected chi connectivity index (χ2v) is 3.22. The van der Waals surface area contributed by atoms with Gasteiger partial charge in [0.2, 0.25) is 0 Å². The highest BCUT2D eigenvalue weighted by molar-refractivity contribution is 6.34. The Morgan fingerprint density at radius 3 is 2.47 bits per heavy atom. The van der Waals surface area contributed by atoms with Gasteiger partial charge in [0.1, 0.15) is 10.2 Å². The van der Waals surface area contributed by atoms with Gasteiger partial charge in [-0.3, -0.25) is 0 Å². The van der Waals surface area contributed by atoms with Crippen LogP contribution < -0.4 is 10.5 Å². The molecule has 0 bridgehead atoms. The first-order chi connectivity index (χ1) is 6.83. The van der Waals surface area contributed by atoms with E-state index in [-0.39, 0.29) is 22.4 Å². The Bertz CT molecular complexity index is 370. The molecule has 15 heavy (non-hydrogen) atoms. The maximum absolute atomic E-state index is 11.9. The van der Waals surface area contributed by atoms with Crippen LogP contribution in [0, 0.1) is 0 Å². The predicted octanol–water partition coefficient (Wildman–Crippen LogP) is 2.75. The monoisotopic (exact) mass is 260 g/mol. The lowest BCUT2D eigenvalue weighted by Gasteiger charge is -2.12. The maximum atomic E-state index is 11.9. The van der Waals surface area contributed by atoms with Gasteiger partial charge in [-0.15, -0.1) is 13.2 Å². The lowest BCUT2D eigenvalue weighted by atomic mass is 10.3. The van der Waals surface area contributed by atoms with Gasteiger partial charge in [0.15, 0.2) is 5.75 Å². The van der Waals surface area contributed by atoms with Crippen molar-refractivity contribution in [2.24, 2.45) is 5.73 Å². The summed E-state index contributed by atoms with van der Waals surface area (Å²) in [4.78, 5) is 3.64. The van der Waals surface area contributed by atoms with Crippen LogP contribution in [0.1, 0.15) is 5.69 Å². The summed E-state index contributed by atoms with van der Waals surface area (Å²) < 4.78 is 39.4. The van der Waals surface area contributed by atoms with Gasteiger partial charge in [0.05, 0.1) is 5.69 Å². The van der Waals surface area contributed by atoms with Crippen LogP contribution in [0.4, 0.5) is 13.2 Å². The Kier molecular flexibility index (Phi) is 3.64. The van der Waals surface area contributed by atoms with E-state index in [2.05, 4.69) is 9.72 Å². The summed E-state index contributed by atoms with van der Waals surface area (Å²) in [5, 5.41) is -0.460. The average Bonchev–Trinajstić information content (AvgIpc) is 2.08. The molecule has 0 aliphatic heterocycles. The molecule has 0 spiro atoms. The van der Waals surface area contributed by atoms with Crippen LogP contribution in [0.15, 0.2) is 6.07 Å². The smallest absolute Gasteiger partial charge is 0.404 e. The number of rotatable bonds is 2. The molecule has 2 N–H and O–H groups in total. The van der Waals surface area contributed by atoms with Gasteiger partial charge in [-0.05, 0) is 0 Å². The Labute approximate surface area is 92.9 Å². The second-order valence-electron chi connectivity index (χ2n) is 2.46. The number of ether oxygens (including phenoxy) is 1. The molecule has 1 aromatic heterocycles. The molecule has 3 nitrogen and oxygen atoms in total. The van der Waals surface area contributed by atoms with Crippen molar-refractivity contribution in [3.63, 3.8) is 0 Å². The number of hydrogen-bond acceptors (Lipinski definition) is 3. The van der Waals surface area contributed by atoms with Gasteiger partial charge >= 0.3 is 6.36 Å². The third kappa shape index (κ3) is 3.40. The normalized spacial score (nSPS) is 11.6. The minimum atomic E-state index is -4.83. The van der Waals surface area contributed by atoms with E-state index in [0.29, 0.717) is 0 Å². The van der Waals surface area contributed by atoms with E-state index in [0.717, 1.165) is 6.07 Å². The van der Waals surface area contributed by atoms with Crippen LogP contribution in [0.5, 0.6) is 5.75 Å². The van der Waals surface area contributed by atoms with Crippen molar-refractivity contribution in [3.05, 3.63) is 21.9 Å². The Morgan fingerprint density at radius 2 is 2.00 bits per heavy atom. The molecule has 0 aliphatic carbocycles. The molecule has 0 saturated carbocycles. The SMILES string of the molecule is NCc1nc(Cl)cc(OC(F)(F)F)c1Cl. The molecule has 0 aliphatic rings. The van der Waals surface area contributed by atoms with Crippen molar-refractivity contribution in [3.8, 4) is 5.75 Å². The highest BCUT2D eigenvalue weighted by Gasteiger charge is 2.32. The molecule has 8 heteroatoms. The van der Waals surface area contributed by atoms with Crippen LogP contribution in [0.3, 0.4) is 0 Å². The fourth-order valence-corrected chi connectivity index (χ4v) is 1.27. The number of aromatic nitrogens is 1. The predicted molar refractivity (Wildman–Crippen MR) is 48.8 cm³/mol. The zero-order valence-electron chi connectivity index (χ0n) is 7.11. The standard InChI is InChI=1S/C7H5Cl2F3N2O/c8-5-1-4(15-7(10,11)12)6(9)3(2-13)14-5/h1H,2,13H2. The van der Waals surface area contributed by atoms with E-state index in [1.54, 1.807) is 0 Å². The van der Waals surface area contributed by atoms with Gasteiger partial charge in [-0.1, -0.05) is 23.2 Å². The van der Waals surface area contributed by atoms with E-state index in [1.165, 1.54) is 0 Å². The molecule has 1 rings (SSSR count). The van der Waals surface area contributed by atoms with E-state index in [9.17, 15) is 13.2 Å². The largest absolute Gasteiger partial charge is 0.573 e. The maximum Gasteiger partial charge on any atom is 0.573 e. The van der Waals surface area contributed by atoms with Crippen molar-refractivity contribution in [2.75, 3.05) is 0 Å². The number of hydrogen-bond donors (Lipinski definition) is 1. The Balaban J connectivity index is 3.12. The fraction of sp³-hybridized carbons (Fsp3) is 0.286. The van der Waals surface area contributed by atoms with Gasteiger partial charge in [-0.25, -0.2) is 4.98 Å². The number of nitrogens with zero attached hydrogens (tertiary/aromatic N) is 1. The molecule has 1 heterocycles. The third-order valence-corrected chi connectivity index (χ3v) is 1.98. The molecule has 0 amide bonds. The van der Waals surface area contributed by atoms with Crippen molar-refractivity contribution >= 4 is 23.2 Å². The summed E-state index contributed by atoms with van der Waals surface area (Å²) in [5.74, 6) is -0.607. The van der Waals surface area contributed by atoms with Gasteiger partial charge < -0.3 is 10.5 Å². The first-order valence-electron chi connectivity index (χ1n) is 3.64. The molecule has 84 valence electrons. The topological polar surface area (TPSA) is 48.1 Å². The summed E-state index contributed by atoms with van der Waals surface area (Å²) >= 11 is 11.0. The van der Waals surface area contributed by atoms with Crippen LogP contribution in [0.25, 0.3) is 0 Å². The summed E-state index contributed by atoms with van der Waals surface area (Å²) in [6, 6.07) is 0.872. The van der Waals surface area contributed by atoms with E-state index >= 15 is 0 Å².